The minimum atomic E-state index is -0.635. The van der Waals surface area contributed by atoms with E-state index in [1.807, 2.05) is 12.1 Å². The molecule has 0 aliphatic rings. The van der Waals surface area contributed by atoms with Crippen LogP contribution in [0.1, 0.15) is 20.7 Å². The molecule has 8 nitrogen and oxygen atoms in total. The predicted molar refractivity (Wildman–Crippen MR) is 134 cm³/mol. The van der Waals surface area contributed by atoms with Crippen LogP contribution in [0.3, 0.4) is 0 Å². The van der Waals surface area contributed by atoms with E-state index in [1.54, 1.807) is 61.7 Å². The number of hydrogen-bond donors (Lipinski definition) is 0. The summed E-state index contributed by atoms with van der Waals surface area (Å²) in [6.45, 7) is -0.401. The molecular weight excluding hydrogens is 462 g/mol. The Morgan fingerprint density at radius 3 is 2.06 bits per heavy atom. The smallest absolute Gasteiger partial charge is 0.339 e. The first kappa shape index (κ1) is 24.5. The van der Waals surface area contributed by atoms with E-state index in [9.17, 15) is 9.59 Å². The number of Topliss-reactive ketones (excluding diaryl/α,β-unsaturated/α-hetero) is 1. The van der Waals surface area contributed by atoms with Gasteiger partial charge in [-0.05, 0) is 48.5 Å². The number of rotatable bonds is 9. The lowest BCUT2D eigenvalue weighted by molar-refractivity contribution is 0.0476. The molecule has 0 saturated heterocycles. The molecule has 0 saturated carbocycles. The maximum Gasteiger partial charge on any atom is 0.339 e. The summed E-state index contributed by atoms with van der Waals surface area (Å²) in [4.78, 5) is 30.4. The summed E-state index contributed by atoms with van der Waals surface area (Å²) >= 11 is 0. The van der Waals surface area contributed by atoms with Gasteiger partial charge in [0.2, 0.25) is 5.75 Å². The van der Waals surface area contributed by atoms with Gasteiger partial charge in [0.05, 0.1) is 45.2 Å². The number of esters is 1. The van der Waals surface area contributed by atoms with Gasteiger partial charge < -0.3 is 23.7 Å². The van der Waals surface area contributed by atoms with Crippen molar-refractivity contribution in [3.8, 4) is 34.3 Å². The minimum absolute atomic E-state index is 0.284. The van der Waals surface area contributed by atoms with Gasteiger partial charge in [0.15, 0.2) is 23.9 Å². The van der Waals surface area contributed by atoms with Crippen molar-refractivity contribution in [2.75, 3.05) is 35.0 Å². The number of carbonyl (C=O) groups is 2. The molecule has 4 aromatic rings. The van der Waals surface area contributed by atoms with Gasteiger partial charge in [0.25, 0.3) is 0 Å². The fourth-order valence-electron chi connectivity index (χ4n) is 3.79. The van der Waals surface area contributed by atoms with E-state index in [4.69, 9.17) is 28.7 Å². The van der Waals surface area contributed by atoms with Gasteiger partial charge in [-0.1, -0.05) is 18.2 Å². The predicted octanol–water partition coefficient (Wildman–Crippen LogP) is 4.98. The van der Waals surface area contributed by atoms with Crippen LogP contribution in [0.5, 0.6) is 23.0 Å². The standard InChI is InChI=1S/C28H25NO7/c1-32-19-11-9-17(10-12-19)24(30)16-36-28(31)21-15-23(29-22-8-6-5-7-20(21)22)18-13-25(33-2)27(35-4)26(14-18)34-3/h5-15H,16H2,1-4H3. The molecule has 0 aliphatic carbocycles. The van der Waals surface area contributed by atoms with Crippen LogP contribution in [0.2, 0.25) is 0 Å². The summed E-state index contributed by atoms with van der Waals surface area (Å²) in [5.74, 6) is 1.03. The van der Waals surface area contributed by atoms with Crippen LogP contribution in [-0.2, 0) is 4.74 Å². The van der Waals surface area contributed by atoms with Gasteiger partial charge in [-0.2, -0.15) is 0 Å². The van der Waals surface area contributed by atoms with Crippen LogP contribution < -0.4 is 18.9 Å². The van der Waals surface area contributed by atoms with Crippen LogP contribution in [0.25, 0.3) is 22.2 Å². The second-order valence-corrected chi connectivity index (χ2v) is 7.71. The van der Waals surface area contributed by atoms with Crippen molar-refractivity contribution >= 4 is 22.7 Å². The topological polar surface area (TPSA) is 93.2 Å². The molecule has 0 fully saturated rings. The zero-order chi connectivity index (χ0) is 25.7. The number of benzene rings is 3. The molecule has 36 heavy (non-hydrogen) atoms. The molecule has 0 bridgehead atoms. The summed E-state index contributed by atoms with van der Waals surface area (Å²) in [6.07, 6.45) is 0. The highest BCUT2D eigenvalue weighted by Gasteiger charge is 2.20. The molecule has 0 amide bonds. The Kier molecular flexibility index (Phi) is 7.34. The maximum atomic E-state index is 13.1. The second kappa shape index (κ2) is 10.8. The highest BCUT2D eigenvalue weighted by atomic mass is 16.5. The summed E-state index contributed by atoms with van der Waals surface area (Å²) in [5.41, 5.74) is 2.45. The summed E-state index contributed by atoms with van der Waals surface area (Å²) in [7, 11) is 6.12. The molecule has 184 valence electrons. The highest BCUT2D eigenvalue weighted by molar-refractivity contribution is 6.06. The molecule has 1 aromatic heterocycles. The lowest BCUT2D eigenvalue weighted by Gasteiger charge is -2.15. The minimum Gasteiger partial charge on any atom is -0.497 e. The lowest BCUT2D eigenvalue weighted by atomic mass is 10.0. The van der Waals surface area contributed by atoms with E-state index in [-0.39, 0.29) is 11.3 Å². The first-order valence-corrected chi connectivity index (χ1v) is 11.0. The van der Waals surface area contributed by atoms with Crippen molar-refractivity contribution in [2.24, 2.45) is 0 Å². The molecule has 8 heteroatoms. The first-order valence-electron chi connectivity index (χ1n) is 11.0. The number of ketones is 1. The van der Waals surface area contributed by atoms with Gasteiger partial charge in [0, 0.05) is 16.5 Å². The first-order chi connectivity index (χ1) is 17.5. The van der Waals surface area contributed by atoms with E-state index >= 15 is 0 Å². The van der Waals surface area contributed by atoms with Gasteiger partial charge in [-0.3, -0.25) is 4.79 Å². The monoisotopic (exact) mass is 487 g/mol. The number of para-hydroxylation sites is 1. The Balaban J connectivity index is 1.68. The summed E-state index contributed by atoms with van der Waals surface area (Å²) in [5, 5.41) is 0.607. The third-order valence-corrected chi connectivity index (χ3v) is 5.64. The molecule has 0 aliphatic heterocycles. The average molecular weight is 488 g/mol. The fourth-order valence-corrected chi connectivity index (χ4v) is 3.79. The third-order valence-electron chi connectivity index (χ3n) is 5.64. The Labute approximate surface area is 208 Å². The average Bonchev–Trinajstić information content (AvgIpc) is 2.94. The molecule has 0 atom stereocenters. The van der Waals surface area contributed by atoms with Gasteiger partial charge >= 0.3 is 5.97 Å². The third kappa shape index (κ3) is 4.93. The van der Waals surface area contributed by atoms with Crippen molar-refractivity contribution in [2.45, 2.75) is 0 Å². The number of pyridine rings is 1. The molecule has 4 rings (SSSR count). The molecule has 0 radical (unpaired) electrons. The Hall–Kier alpha value is -4.59. The summed E-state index contributed by atoms with van der Waals surface area (Å²) in [6, 6.07) is 19.0. The zero-order valence-electron chi connectivity index (χ0n) is 20.4. The van der Waals surface area contributed by atoms with Crippen molar-refractivity contribution in [3.63, 3.8) is 0 Å². The number of ether oxygens (including phenoxy) is 5. The quantitative estimate of drug-likeness (QED) is 0.241. The van der Waals surface area contributed by atoms with E-state index in [1.165, 1.54) is 21.3 Å². The molecular formula is C28H25NO7. The number of fused-ring (bicyclic) bond motifs is 1. The number of aromatic nitrogens is 1. The van der Waals surface area contributed by atoms with E-state index in [0.717, 1.165) is 0 Å². The number of methoxy groups -OCH3 is 4. The van der Waals surface area contributed by atoms with Crippen LogP contribution in [0, 0.1) is 0 Å². The number of nitrogens with zero attached hydrogens (tertiary/aromatic N) is 1. The van der Waals surface area contributed by atoms with Crippen LogP contribution in [0.4, 0.5) is 0 Å². The van der Waals surface area contributed by atoms with E-state index in [0.29, 0.717) is 50.7 Å². The van der Waals surface area contributed by atoms with Crippen LogP contribution >= 0.6 is 0 Å². The number of carbonyl (C=O) groups excluding carboxylic acids is 2. The molecule has 0 N–H and O–H groups in total. The molecule has 3 aromatic carbocycles. The van der Waals surface area contributed by atoms with Gasteiger partial charge in [0.1, 0.15) is 5.75 Å². The van der Waals surface area contributed by atoms with E-state index < -0.39 is 12.6 Å². The van der Waals surface area contributed by atoms with Crippen molar-refractivity contribution in [1.29, 1.82) is 0 Å². The second-order valence-electron chi connectivity index (χ2n) is 7.71. The molecule has 1 heterocycles. The largest absolute Gasteiger partial charge is 0.497 e. The van der Waals surface area contributed by atoms with Crippen molar-refractivity contribution < 1.29 is 33.3 Å². The maximum absolute atomic E-state index is 13.1. The Morgan fingerprint density at radius 2 is 1.44 bits per heavy atom. The van der Waals surface area contributed by atoms with Crippen LogP contribution in [-0.4, -0.2) is 51.8 Å². The molecule has 0 spiro atoms. The number of hydrogen-bond acceptors (Lipinski definition) is 8. The van der Waals surface area contributed by atoms with Gasteiger partial charge in [-0.15, -0.1) is 0 Å². The lowest BCUT2D eigenvalue weighted by Crippen LogP contribution is -2.15. The van der Waals surface area contributed by atoms with Crippen molar-refractivity contribution in [3.05, 3.63) is 77.9 Å². The van der Waals surface area contributed by atoms with E-state index in [2.05, 4.69) is 0 Å². The molecule has 0 unspecified atom stereocenters. The SMILES string of the molecule is COc1ccc(C(=O)COC(=O)c2cc(-c3cc(OC)c(OC)c(OC)c3)nc3ccccc23)cc1. The zero-order valence-corrected chi connectivity index (χ0v) is 20.4. The normalized spacial score (nSPS) is 10.6. The Bertz CT molecular complexity index is 1390. The fraction of sp³-hybridized carbons (Fsp3) is 0.179. The highest BCUT2D eigenvalue weighted by Crippen LogP contribution is 2.41. The van der Waals surface area contributed by atoms with Crippen molar-refractivity contribution in [1.82, 2.24) is 4.98 Å². The van der Waals surface area contributed by atoms with Gasteiger partial charge in [-0.25, -0.2) is 9.78 Å². The summed E-state index contributed by atoms with van der Waals surface area (Å²) < 4.78 is 26.8. The Morgan fingerprint density at radius 1 is 0.778 bits per heavy atom. The van der Waals surface area contributed by atoms with Crippen LogP contribution in [0.15, 0.2) is 66.7 Å².